The molecule has 106 valence electrons. The van der Waals surface area contributed by atoms with Gasteiger partial charge in [-0.3, -0.25) is 4.98 Å². The smallest absolute Gasteiger partial charge is 0.128 e. The van der Waals surface area contributed by atoms with Gasteiger partial charge in [-0.15, -0.1) is 0 Å². The summed E-state index contributed by atoms with van der Waals surface area (Å²) in [5.41, 5.74) is 9.13. The number of aromatic nitrogens is 1. The fraction of sp³-hybridized carbons (Fsp3) is 0.0625. The van der Waals surface area contributed by atoms with Gasteiger partial charge in [-0.05, 0) is 52.7 Å². The maximum absolute atomic E-state index is 13.5. The largest absolute Gasteiger partial charge is 0.397 e. The molecule has 1 aromatic heterocycles. The summed E-state index contributed by atoms with van der Waals surface area (Å²) in [5.74, 6) is -0.307. The van der Waals surface area contributed by atoms with Crippen LogP contribution in [0.4, 0.5) is 21.5 Å². The fourth-order valence-corrected chi connectivity index (χ4v) is 2.53. The molecule has 5 heteroatoms. The van der Waals surface area contributed by atoms with E-state index in [0.29, 0.717) is 16.9 Å². The van der Waals surface area contributed by atoms with Crippen LogP contribution in [0.3, 0.4) is 0 Å². The normalized spacial score (nSPS) is 10.8. The van der Waals surface area contributed by atoms with E-state index >= 15 is 0 Å². The van der Waals surface area contributed by atoms with Gasteiger partial charge >= 0.3 is 0 Å². The first kappa shape index (κ1) is 13.8. The van der Waals surface area contributed by atoms with Gasteiger partial charge in [0.15, 0.2) is 0 Å². The van der Waals surface area contributed by atoms with Crippen LogP contribution in [0.15, 0.2) is 47.1 Å². The number of benzene rings is 2. The number of nitrogen functional groups attached to an aromatic ring is 1. The molecule has 0 aliphatic rings. The van der Waals surface area contributed by atoms with Crippen molar-refractivity contribution in [1.82, 2.24) is 4.98 Å². The van der Waals surface area contributed by atoms with Gasteiger partial charge in [-0.25, -0.2) is 4.39 Å². The number of aryl methyl sites for hydroxylation is 1. The highest BCUT2D eigenvalue weighted by atomic mass is 79.9. The van der Waals surface area contributed by atoms with Crippen molar-refractivity contribution in [3.05, 3.63) is 58.4 Å². The Morgan fingerprint density at radius 2 is 2.00 bits per heavy atom. The zero-order valence-corrected chi connectivity index (χ0v) is 12.9. The summed E-state index contributed by atoms with van der Waals surface area (Å²) < 4.78 is 14.4. The van der Waals surface area contributed by atoms with E-state index in [0.717, 1.165) is 21.1 Å². The van der Waals surface area contributed by atoms with Crippen LogP contribution in [0, 0.1) is 12.7 Å². The summed E-state index contributed by atoms with van der Waals surface area (Å²) in [6, 6.07) is 10.9. The highest BCUT2D eigenvalue weighted by molar-refractivity contribution is 9.10. The standard InChI is InChI=1S/C16H13BrFN3/c1-9-5-15(13(19)7-12(9)18)21-14-4-2-3-10-6-11(17)8-20-16(10)14/h2-8,21H,19H2,1H3. The van der Waals surface area contributed by atoms with Gasteiger partial charge < -0.3 is 11.1 Å². The molecule has 3 rings (SSSR count). The van der Waals surface area contributed by atoms with Gasteiger partial charge in [-0.2, -0.15) is 0 Å². The maximum atomic E-state index is 13.5. The summed E-state index contributed by atoms with van der Waals surface area (Å²) in [6.07, 6.45) is 1.74. The van der Waals surface area contributed by atoms with Crippen molar-refractivity contribution in [2.45, 2.75) is 6.92 Å². The van der Waals surface area contributed by atoms with Gasteiger partial charge in [-0.1, -0.05) is 12.1 Å². The van der Waals surface area contributed by atoms with Gasteiger partial charge in [0.25, 0.3) is 0 Å². The third-order valence-corrected chi connectivity index (χ3v) is 3.71. The van der Waals surface area contributed by atoms with Crippen molar-refractivity contribution in [3.8, 4) is 0 Å². The molecule has 0 fully saturated rings. The molecule has 0 bridgehead atoms. The average molecular weight is 346 g/mol. The van der Waals surface area contributed by atoms with Crippen molar-refractivity contribution in [1.29, 1.82) is 0 Å². The van der Waals surface area contributed by atoms with Gasteiger partial charge in [0.2, 0.25) is 0 Å². The van der Waals surface area contributed by atoms with E-state index in [1.807, 2.05) is 24.3 Å². The van der Waals surface area contributed by atoms with Crippen molar-refractivity contribution < 1.29 is 4.39 Å². The third kappa shape index (κ3) is 2.69. The second kappa shape index (κ2) is 5.33. The number of pyridine rings is 1. The first-order valence-electron chi connectivity index (χ1n) is 6.41. The molecule has 0 amide bonds. The zero-order valence-electron chi connectivity index (χ0n) is 11.3. The number of para-hydroxylation sites is 1. The van der Waals surface area contributed by atoms with E-state index in [-0.39, 0.29) is 5.82 Å². The highest BCUT2D eigenvalue weighted by Gasteiger charge is 2.08. The fourth-order valence-electron chi connectivity index (χ4n) is 2.19. The Bertz CT molecular complexity index is 833. The van der Waals surface area contributed by atoms with E-state index in [4.69, 9.17) is 5.73 Å². The molecular formula is C16H13BrFN3. The van der Waals surface area contributed by atoms with Crippen molar-refractivity contribution >= 4 is 43.9 Å². The monoisotopic (exact) mass is 345 g/mol. The number of fused-ring (bicyclic) bond motifs is 1. The molecule has 21 heavy (non-hydrogen) atoms. The zero-order chi connectivity index (χ0) is 15.0. The minimum Gasteiger partial charge on any atom is -0.397 e. The van der Waals surface area contributed by atoms with E-state index in [9.17, 15) is 4.39 Å². The summed E-state index contributed by atoms with van der Waals surface area (Å²) >= 11 is 3.41. The second-order valence-corrected chi connectivity index (χ2v) is 5.76. The summed E-state index contributed by atoms with van der Waals surface area (Å²) in [6.45, 7) is 1.71. The van der Waals surface area contributed by atoms with E-state index < -0.39 is 0 Å². The van der Waals surface area contributed by atoms with Gasteiger partial charge in [0.1, 0.15) is 5.82 Å². The van der Waals surface area contributed by atoms with Crippen LogP contribution >= 0.6 is 15.9 Å². The van der Waals surface area contributed by atoms with Crippen LogP contribution in [0.5, 0.6) is 0 Å². The Hall–Kier alpha value is -2.14. The lowest BCUT2D eigenvalue weighted by Crippen LogP contribution is -1.99. The van der Waals surface area contributed by atoms with Crippen LogP contribution in [-0.4, -0.2) is 4.98 Å². The SMILES string of the molecule is Cc1cc(Nc2cccc3cc(Br)cnc23)c(N)cc1F. The first-order valence-corrected chi connectivity index (χ1v) is 7.21. The van der Waals surface area contributed by atoms with Crippen molar-refractivity contribution in [2.75, 3.05) is 11.1 Å². The lowest BCUT2D eigenvalue weighted by Gasteiger charge is -2.12. The molecular weight excluding hydrogens is 333 g/mol. The highest BCUT2D eigenvalue weighted by Crippen LogP contribution is 2.30. The molecule has 0 atom stereocenters. The lowest BCUT2D eigenvalue weighted by atomic mass is 10.1. The Kier molecular flexibility index (Phi) is 3.51. The Balaban J connectivity index is 2.08. The summed E-state index contributed by atoms with van der Waals surface area (Å²) in [7, 11) is 0. The van der Waals surface area contributed by atoms with Crippen LogP contribution in [0.1, 0.15) is 5.56 Å². The number of nitrogens with zero attached hydrogens (tertiary/aromatic N) is 1. The Morgan fingerprint density at radius 3 is 2.81 bits per heavy atom. The van der Waals surface area contributed by atoms with Crippen molar-refractivity contribution in [3.63, 3.8) is 0 Å². The maximum Gasteiger partial charge on any atom is 0.128 e. The van der Waals surface area contributed by atoms with Gasteiger partial charge in [0.05, 0.1) is 22.6 Å². The predicted molar refractivity (Wildman–Crippen MR) is 88.3 cm³/mol. The molecule has 1 heterocycles. The Morgan fingerprint density at radius 1 is 1.19 bits per heavy atom. The third-order valence-electron chi connectivity index (χ3n) is 3.28. The topological polar surface area (TPSA) is 50.9 Å². The number of anilines is 3. The molecule has 0 radical (unpaired) electrons. The number of hydrogen-bond donors (Lipinski definition) is 2. The molecule has 0 saturated carbocycles. The van der Waals surface area contributed by atoms with Crippen molar-refractivity contribution in [2.24, 2.45) is 0 Å². The molecule has 3 N–H and O–H groups in total. The molecule has 3 aromatic rings. The number of hydrogen-bond acceptors (Lipinski definition) is 3. The quantitative estimate of drug-likeness (QED) is 0.657. The minimum absolute atomic E-state index is 0.307. The lowest BCUT2D eigenvalue weighted by molar-refractivity contribution is 0.619. The van der Waals surface area contributed by atoms with Crippen LogP contribution in [0.25, 0.3) is 10.9 Å². The number of halogens is 2. The van der Waals surface area contributed by atoms with E-state index in [2.05, 4.69) is 26.2 Å². The number of nitrogens with one attached hydrogen (secondary N) is 1. The number of rotatable bonds is 2. The van der Waals surface area contributed by atoms with Crippen LogP contribution in [0.2, 0.25) is 0 Å². The molecule has 0 aliphatic carbocycles. The Labute approximate surface area is 130 Å². The molecule has 0 aliphatic heterocycles. The van der Waals surface area contributed by atoms with Crippen LogP contribution in [-0.2, 0) is 0 Å². The number of nitrogens with two attached hydrogens (primary N) is 1. The van der Waals surface area contributed by atoms with E-state index in [1.54, 1.807) is 19.2 Å². The molecule has 2 aromatic carbocycles. The molecule has 0 unspecified atom stereocenters. The summed E-state index contributed by atoms with van der Waals surface area (Å²) in [4.78, 5) is 4.42. The first-order chi connectivity index (χ1) is 10.0. The molecule has 0 saturated heterocycles. The van der Waals surface area contributed by atoms with E-state index in [1.165, 1.54) is 6.07 Å². The minimum atomic E-state index is -0.307. The summed E-state index contributed by atoms with van der Waals surface area (Å²) in [5, 5.41) is 4.24. The molecule has 0 spiro atoms. The van der Waals surface area contributed by atoms with Gasteiger partial charge in [0, 0.05) is 16.1 Å². The van der Waals surface area contributed by atoms with Crippen LogP contribution < -0.4 is 11.1 Å². The average Bonchev–Trinajstić information content (AvgIpc) is 2.44. The molecule has 3 nitrogen and oxygen atoms in total. The second-order valence-electron chi connectivity index (χ2n) is 4.84. The predicted octanol–water partition coefficient (Wildman–Crippen LogP) is 4.77.